The maximum atomic E-state index is 11.5. The van der Waals surface area contributed by atoms with Gasteiger partial charge >= 0.3 is 0 Å². The third kappa shape index (κ3) is 3.38. The van der Waals surface area contributed by atoms with Crippen molar-refractivity contribution >= 4 is 37.9 Å². The highest BCUT2D eigenvalue weighted by molar-refractivity contribution is 7.90. The summed E-state index contributed by atoms with van der Waals surface area (Å²) < 4.78 is 22.9. The molecule has 1 aliphatic heterocycles. The number of hydrogen-bond acceptors (Lipinski definition) is 4. The topological polar surface area (TPSA) is 50.3 Å². The molecule has 1 saturated heterocycles. The molecule has 0 atom stereocenters. The van der Waals surface area contributed by atoms with Crippen LogP contribution in [0.15, 0.2) is 18.3 Å². The zero-order chi connectivity index (χ0) is 17.6. The highest BCUT2D eigenvalue weighted by Crippen LogP contribution is 2.39. The SMILES string of the molecule is Cc1cc(C(C)C)c2cc(Cl)ncc2c1N1CC(CS(C)(=O)=O)C1. The number of sulfone groups is 1. The highest BCUT2D eigenvalue weighted by atomic mass is 35.5. The second-order valence-electron chi connectivity index (χ2n) is 7.20. The van der Waals surface area contributed by atoms with Crippen LogP contribution in [0.1, 0.15) is 30.9 Å². The van der Waals surface area contributed by atoms with Gasteiger partial charge in [-0.05, 0) is 35.4 Å². The molecule has 1 aliphatic rings. The number of hydrogen-bond donors (Lipinski definition) is 0. The summed E-state index contributed by atoms with van der Waals surface area (Å²) in [6, 6.07) is 4.16. The normalized spacial score (nSPS) is 16.0. The molecular formula is C18H23ClN2O2S. The van der Waals surface area contributed by atoms with E-state index >= 15 is 0 Å². The van der Waals surface area contributed by atoms with Crippen molar-refractivity contribution in [3.63, 3.8) is 0 Å². The van der Waals surface area contributed by atoms with Crippen LogP contribution in [-0.2, 0) is 9.84 Å². The van der Waals surface area contributed by atoms with E-state index < -0.39 is 9.84 Å². The van der Waals surface area contributed by atoms with E-state index in [1.165, 1.54) is 17.4 Å². The van der Waals surface area contributed by atoms with Gasteiger partial charge in [-0.1, -0.05) is 31.5 Å². The number of fused-ring (bicyclic) bond motifs is 1. The average molecular weight is 367 g/mol. The Bertz CT molecular complexity index is 888. The fourth-order valence-corrected chi connectivity index (χ4v) is 4.86. The maximum absolute atomic E-state index is 11.5. The monoisotopic (exact) mass is 366 g/mol. The lowest BCUT2D eigenvalue weighted by molar-refractivity contribution is 0.445. The van der Waals surface area contributed by atoms with E-state index in [9.17, 15) is 8.42 Å². The zero-order valence-corrected chi connectivity index (χ0v) is 16.1. The third-order valence-electron chi connectivity index (χ3n) is 4.62. The summed E-state index contributed by atoms with van der Waals surface area (Å²) in [6.07, 6.45) is 3.15. The molecule has 0 N–H and O–H groups in total. The Hall–Kier alpha value is -1.33. The largest absolute Gasteiger partial charge is 0.370 e. The molecule has 0 radical (unpaired) electrons. The van der Waals surface area contributed by atoms with Crippen molar-refractivity contribution in [2.75, 3.05) is 30.0 Å². The molecule has 2 aromatic rings. The van der Waals surface area contributed by atoms with Gasteiger partial charge in [0.2, 0.25) is 0 Å². The molecule has 0 aliphatic carbocycles. The van der Waals surface area contributed by atoms with Gasteiger partial charge in [-0.15, -0.1) is 0 Å². The first-order valence-corrected chi connectivity index (χ1v) is 10.6. The van der Waals surface area contributed by atoms with Gasteiger partial charge in [0, 0.05) is 42.5 Å². The quantitative estimate of drug-likeness (QED) is 0.772. The number of nitrogens with zero attached hydrogens (tertiary/aromatic N) is 2. The molecule has 0 unspecified atom stereocenters. The van der Waals surface area contributed by atoms with Crippen LogP contribution in [0, 0.1) is 12.8 Å². The van der Waals surface area contributed by atoms with Crippen LogP contribution in [0.2, 0.25) is 5.15 Å². The fourth-order valence-electron chi connectivity index (χ4n) is 3.63. The Morgan fingerprint density at radius 3 is 2.54 bits per heavy atom. The van der Waals surface area contributed by atoms with E-state index in [1.807, 2.05) is 12.3 Å². The number of aromatic nitrogens is 1. The summed E-state index contributed by atoms with van der Waals surface area (Å²) in [5.41, 5.74) is 3.63. The standard InChI is InChI=1S/C18H23ClN2O2S/c1-11(2)14-5-12(3)18(16-7-20-17(19)6-15(14)16)21-8-13(9-21)10-24(4,22)23/h5-7,11,13H,8-10H2,1-4H3. The molecule has 0 saturated carbocycles. The predicted molar refractivity (Wildman–Crippen MR) is 101 cm³/mol. The second-order valence-corrected chi connectivity index (χ2v) is 9.77. The Morgan fingerprint density at radius 2 is 1.96 bits per heavy atom. The van der Waals surface area contributed by atoms with Gasteiger partial charge in [0.1, 0.15) is 15.0 Å². The minimum Gasteiger partial charge on any atom is -0.370 e. The smallest absolute Gasteiger partial charge is 0.147 e. The van der Waals surface area contributed by atoms with Crippen LogP contribution in [0.3, 0.4) is 0 Å². The van der Waals surface area contributed by atoms with Crippen LogP contribution >= 0.6 is 11.6 Å². The van der Waals surface area contributed by atoms with Crippen molar-refractivity contribution in [1.29, 1.82) is 0 Å². The Morgan fingerprint density at radius 1 is 1.29 bits per heavy atom. The summed E-state index contributed by atoms with van der Waals surface area (Å²) in [4.78, 5) is 6.53. The summed E-state index contributed by atoms with van der Waals surface area (Å²) in [7, 11) is -2.92. The summed E-state index contributed by atoms with van der Waals surface area (Å²) in [6.45, 7) is 8.00. The number of rotatable bonds is 4. The summed E-state index contributed by atoms with van der Waals surface area (Å²) in [5, 5.41) is 2.73. The van der Waals surface area contributed by atoms with Gasteiger partial charge in [0.15, 0.2) is 0 Å². The van der Waals surface area contributed by atoms with E-state index in [4.69, 9.17) is 11.6 Å². The van der Waals surface area contributed by atoms with Crippen molar-refractivity contribution in [3.05, 3.63) is 34.6 Å². The van der Waals surface area contributed by atoms with Gasteiger partial charge < -0.3 is 4.90 Å². The average Bonchev–Trinajstić information content (AvgIpc) is 2.41. The van der Waals surface area contributed by atoms with Crippen LogP contribution in [-0.4, -0.2) is 38.5 Å². The maximum Gasteiger partial charge on any atom is 0.147 e. The first-order valence-electron chi connectivity index (χ1n) is 8.17. The van der Waals surface area contributed by atoms with Crippen molar-refractivity contribution < 1.29 is 8.42 Å². The molecule has 0 amide bonds. The first-order chi connectivity index (χ1) is 11.2. The Kier molecular flexibility index (Phi) is 4.51. The number of halogens is 1. The van der Waals surface area contributed by atoms with E-state index in [0.29, 0.717) is 11.1 Å². The molecule has 4 nitrogen and oxygen atoms in total. The summed E-state index contributed by atoms with van der Waals surface area (Å²) in [5.74, 6) is 0.863. The lowest BCUT2D eigenvalue weighted by Crippen LogP contribution is -2.49. The van der Waals surface area contributed by atoms with Gasteiger partial charge in [0.05, 0.1) is 5.75 Å². The van der Waals surface area contributed by atoms with Crippen LogP contribution in [0.25, 0.3) is 10.8 Å². The molecule has 24 heavy (non-hydrogen) atoms. The zero-order valence-electron chi connectivity index (χ0n) is 14.5. The van der Waals surface area contributed by atoms with E-state index in [1.54, 1.807) is 0 Å². The Balaban J connectivity index is 2.01. The number of aryl methyl sites for hydroxylation is 1. The van der Waals surface area contributed by atoms with Crippen molar-refractivity contribution in [1.82, 2.24) is 4.98 Å². The number of benzene rings is 1. The lowest BCUT2D eigenvalue weighted by atomic mass is 9.91. The first kappa shape index (κ1) is 17.5. The fraction of sp³-hybridized carbons (Fsp3) is 0.500. The molecule has 3 rings (SSSR count). The molecule has 1 fully saturated rings. The lowest BCUT2D eigenvalue weighted by Gasteiger charge is -2.42. The van der Waals surface area contributed by atoms with Crippen LogP contribution in [0.5, 0.6) is 0 Å². The highest BCUT2D eigenvalue weighted by Gasteiger charge is 2.31. The van der Waals surface area contributed by atoms with Crippen LogP contribution < -0.4 is 4.90 Å². The van der Waals surface area contributed by atoms with Gasteiger partial charge in [-0.2, -0.15) is 0 Å². The molecule has 6 heteroatoms. The number of anilines is 1. The molecule has 130 valence electrons. The molecular weight excluding hydrogens is 344 g/mol. The molecule has 0 bridgehead atoms. The third-order valence-corrected chi connectivity index (χ3v) is 5.90. The molecule has 1 aromatic carbocycles. The van der Waals surface area contributed by atoms with Gasteiger partial charge in [-0.3, -0.25) is 0 Å². The van der Waals surface area contributed by atoms with Crippen molar-refractivity contribution in [2.45, 2.75) is 26.7 Å². The minimum absolute atomic E-state index is 0.208. The molecule has 0 spiro atoms. The predicted octanol–water partition coefficient (Wildman–Crippen LogP) is 3.80. The minimum atomic E-state index is -2.92. The Labute approximate surface area is 148 Å². The van der Waals surface area contributed by atoms with E-state index in [-0.39, 0.29) is 11.7 Å². The van der Waals surface area contributed by atoms with Gasteiger partial charge in [-0.25, -0.2) is 13.4 Å². The second kappa shape index (κ2) is 6.19. The van der Waals surface area contributed by atoms with Crippen molar-refractivity contribution in [3.8, 4) is 0 Å². The van der Waals surface area contributed by atoms with E-state index in [0.717, 1.165) is 29.5 Å². The summed E-state index contributed by atoms with van der Waals surface area (Å²) >= 11 is 6.12. The van der Waals surface area contributed by atoms with Crippen LogP contribution in [0.4, 0.5) is 5.69 Å². The van der Waals surface area contributed by atoms with E-state index in [2.05, 4.69) is 36.7 Å². The molecule has 1 aromatic heterocycles. The molecule has 2 heterocycles. The van der Waals surface area contributed by atoms with Gasteiger partial charge in [0.25, 0.3) is 0 Å². The van der Waals surface area contributed by atoms with Crippen molar-refractivity contribution in [2.24, 2.45) is 5.92 Å². The number of pyridine rings is 1.